The Labute approximate surface area is 103 Å². The second kappa shape index (κ2) is 4.53. The molecule has 3 unspecified atom stereocenters. The minimum Gasteiger partial charge on any atom is -0.342 e. The lowest BCUT2D eigenvalue weighted by atomic mass is 9.98. The lowest BCUT2D eigenvalue weighted by Crippen LogP contribution is -2.33. The number of likely N-dealkylation sites (tertiary alicyclic amines) is 1. The highest BCUT2D eigenvalue weighted by Crippen LogP contribution is 2.39. The van der Waals surface area contributed by atoms with Crippen molar-refractivity contribution in [2.75, 3.05) is 13.1 Å². The van der Waals surface area contributed by atoms with E-state index in [1.165, 1.54) is 25.7 Å². The first-order chi connectivity index (χ1) is 7.24. The van der Waals surface area contributed by atoms with Crippen molar-refractivity contribution in [1.82, 2.24) is 4.90 Å². The van der Waals surface area contributed by atoms with Gasteiger partial charge in [-0.3, -0.25) is 4.79 Å². The summed E-state index contributed by atoms with van der Waals surface area (Å²) in [6, 6.07) is 0.355. The van der Waals surface area contributed by atoms with Crippen LogP contribution < -0.4 is 5.73 Å². The molecule has 2 saturated carbocycles. The van der Waals surface area contributed by atoms with Crippen molar-refractivity contribution in [3.63, 3.8) is 0 Å². The molecule has 0 aromatic rings. The van der Waals surface area contributed by atoms with Crippen molar-refractivity contribution in [1.29, 1.82) is 0 Å². The molecule has 0 aromatic carbocycles. The third-order valence-corrected chi connectivity index (χ3v) is 4.43. The van der Waals surface area contributed by atoms with E-state index in [1.807, 2.05) is 0 Å². The van der Waals surface area contributed by atoms with Gasteiger partial charge in [0, 0.05) is 25.6 Å². The third kappa shape index (κ3) is 2.21. The molecule has 3 nitrogen and oxygen atoms in total. The van der Waals surface area contributed by atoms with E-state index in [9.17, 15) is 4.79 Å². The van der Waals surface area contributed by atoms with E-state index in [-0.39, 0.29) is 12.4 Å². The fourth-order valence-electron chi connectivity index (χ4n) is 3.21. The summed E-state index contributed by atoms with van der Waals surface area (Å²) in [6.07, 6.45) is 5.74. The molecule has 92 valence electrons. The zero-order chi connectivity index (χ0) is 10.4. The maximum Gasteiger partial charge on any atom is 0.222 e. The van der Waals surface area contributed by atoms with Crippen molar-refractivity contribution in [2.24, 2.45) is 23.5 Å². The number of nitrogens with zero attached hydrogens (tertiary/aromatic N) is 1. The summed E-state index contributed by atoms with van der Waals surface area (Å²) in [5.41, 5.74) is 6.06. The summed E-state index contributed by atoms with van der Waals surface area (Å²) in [7, 11) is 0. The van der Waals surface area contributed by atoms with Gasteiger partial charge in [-0.05, 0) is 43.4 Å². The van der Waals surface area contributed by atoms with Crippen LogP contribution in [0.1, 0.15) is 32.1 Å². The maximum atomic E-state index is 11.9. The van der Waals surface area contributed by atoms with E-state index < -0.39 is 0 Å². The monoisotopic (exact) mass is 244 g/mol. The summed E-state index contributed by atoms with van der Waals surface area (Å²) < 4.78 is 0. The van der Waals surface area contributed by atoms with Gasteiger partial charge in [-0.15, -0.1) is 12.4 Å². The molecule has 0 bridgehead atoms. The van der Waals surface area contributed by atoms with Crippen molar-refractivity contribution in [3.05, 3.63) is 0 Å². The van der Waals surface area contributed by atoms with Gasteiger partial charge >= 0.3 is 0 Å². The smallest absolute Gasteiger partial charge is 0.222 e. The lowest BCUT2D eigenvalue weighted by molar-refractivity contribution is -0.130. The number of rotatable bonds is 2. The molecule has 3 atom stereocenters. The molecule has 3 aliphatic rings. The Morgan fingerprint density at radius 1 is 1.19 bits per heavy atom. The standard InChI is InChI=1S/C12H20N2O.ClH/c13-11-4-3-9-6-14(7-10(9)11)12(15)5-8-1-2-8;/h8-11H,1-7,13H2;1H. The number of carbonyl (C=O) groups is 1. The Kier molecular flexibility index (Phi) is 3.45. The SMILES string of the molecule is Cl.NC1CCC2CN(C(=O)CC3CC3)CC12. The predicted molar refractivity (Wildman–Crippen MR) is 65.4 cm³/mol. The molecule has 4 heteroatoms. The van der Waals surface area contributed by atoms with E-state index in [2.05, 4.69) is 4.90 Å². The first-order valence-corrected chi connectivity index (χ1v) is 6.27. The van der Waals surface area contributed by atoms with E-state index in [0.717, 1.165) is 19.5 Å². The highest BCUT2D eigenvalue weighted by atomic mass is 35.5. The van der Waals surface area contributed by atoms with Crippen LogP contribution in [0.15, 0.2) is 0 Å². The van der Waals surface area contributed by atoms with Gasteiger partial charge in [-0.2, -0.15) is 0 Å². The topological polar surface area (TPSA) is 46.3 Å². The molecule has 0 spiro atoms. The number of carbonyl (C=O) groups excluding carboxylic acids is 1. The number of fused-ring (bicyclic) bond motifs is 1. The van der Waals surface area contributed by atoms with Crippen LogP contribution in [0.4, 0.5) is 0 Å². The van der Waals surface area contributed by atoms with E-state index >= 15 is 0 Å². The van der Waals surface area contributed by atoms with Crippen LogP contribution >= 0.6 is 12.4 Å². The van der Waals surface area contributed by atoms with Crippen LogP contribution in [-0.4, -0.2) is 29.9 Å². The third-order valence-electron chi connectivity index (χ3n) is 4.43. The molecule has 1 saturated heterocycles. The summed E-state index contributed by atoms with van der Waals surface area (Å²) in [4.78, 5) is 14.0. The normalized spacial score (nSPS) is 37.1. The number of hydrogen-bond acceptors (Lipinski definition) is 2. The van der Waals surface area contributed by atoms with Crippen LogP contribution in [0.2, 0.25) is 0 Å². The van der Waals surface area contributed by atoms with Gasteiger partial charge in [-0.25, -0.2) is 0 Å². The molecule has 1 amide bonds. The second-order valence-corrected chi connectivity index (χ2v) is 5.61. The van der Waals surface area contributed by atoms with Crippen LogP contribution in [0.25, 0.3) is 0 Å². The number of halogens is 1. The molecule has 1 aliphatic heterocycles. The fourth-order valence-corrected chi connectivity index (χ4v) is 3.21. The fraction of sp³-hybridized carbons (Fsp3) is 0.917. The second-order valence-electron chi connectivity index (χ2n) is 5.61. The highest BCUT2D eigenvalue weighted by molar-refractivity contribution is 5.85. The molecular weight excluding hydrogens is 224 g/mol. The molecule has 2 N–H and O–H groups in total. The van der Waals surface area contributed by atoms with Crippen molar-refractivity contribution < 1.29 is 4.79 Å². The van der Waals surface area contributed by atoms with E-state index in [1.54, 1.807) is 0 Å². The zero-order valence-corrected chi connectivity index (χ0v) is 10.4. The summed E-state index contributed by atoms with van der Waals surface area (Å²) in [5.74, 6) is 2.42. The maximum absolute atomic E-state index is 11.9. The number of hydrogen-bond donors (Lipinski definition) is 1. The average Bonchev–Trinajstić information content (AvgIpc) is 2.79. The molecule has 0 radical (unpaired) electrons. The minimum absolute atomic E-state index is 0. The molecular formula is C12H21ClN2O. The Bertz CT molecular complexity index is 280. The van der Waals surface area contributed by atoms with Gasteiger partial charge < -0.3 is 10.6 Å². The summed E-state index contributed by atoms with van der Waals surface area (Å²) in [6.45, 7) is 1.93. The van der Waals surface area contributed by atoms with Crippen molar-refractivity contribution in [2.45, 2.75) is 38.1 Å². The van der Waals surface area contributed by atoms with Crippen LogP contribution in [0, 0.1) is 17.8 Å². The molecule has 1 heterocycles. The van der Waals surface area contributed by atoms with Crippen LogP contribution in [0.3, 0.4) is 0 Å². The lowest BCUT2D eigenvalue weighted by Gasteiger charge is -2.18. The quantitative estimate of drug-likeness (QED) is 0.798. The predicted octanol–water partition coefficient (Wildman–Crippen LogP) is 1.40. The molecule has 0 aromatic heterocycles. The van der Waals surface area contributed by atoms with Gasteiger partial charge in [0.15, 0.2) is 0 Å². The number of amides is 1. The largest absolute Gasteiger partial charge is 0.342 e. The van der Waals surface area contributed by atoms with Gasteiger partial charge in [0.25, 0.3) is 0 Å². The first kappa shape index (κ1) is 12.2. The highest BCUT2D eigenvalue weighted by Gasteiger charge is 2.42. The number of nitrogens with two attached hydrogens (primary N) is 1. The molecule has 16 heavy (non-hydrogen) atoms. The van der Waals surface area contributed by atoms with Gasteiger partial charge in [-0.1, -0.05) is 0 Å². The van der Waals surface area contributed by atoms with Gasteiger partial charge in [0.2, 0.25) is 5.91 Å². The Balaban J connectivity index is 0.000000963. The Hall–Kier alpha value is -0.280. The van der Waals surface area contributed by atoms with Gasteiger partial charge in [0.1, 0.15) is 0 Å². The minimum atomic E-state index is 0. The van der Waals surface area contributed by atoms with E-state index in [4.69, 9.17) is 5.73 Å². The van der Waals surface area contributed by atoms with Crippen LogP contribution in [0.5, 0.6) is 0 Å². The Morgan fingerprint density at radius 2 is 1.94 bits per heavy atom. The zero-order valence-electron chi connectivity index (χ0n) is 9.60. The van der Waals surface area contributed by atoms with E-state index in [0.29, 0.717) is 29.7 Å². The van der Waals surface area contributed by atoms with Crippen molar-refractivity contribution >= 4 is 18.3 Å². The van der Waals surface area contributed by atoms with Crippen molar-refractivity contribution in [3.8, 4) is 0 Å². The van der Waals surface area contributed by atoms with Gasteiger partial charge in [0.05, 0.1) is 0 Å². The average molecular weight is 245 g/mol. The molecule has 3 rings (SSSR count). The summed E-state index contributed by atoms with van der Waals surface area (Å²) in [5, 5.41) is 0. The molecule has 3 fully saturated rings. The summed E-state index contributed by atoms with van der Waals surface area (Å²) >= 11 is 0. The Morgan fingerprint density at radius 3 is 2.56 bits per heavy atom. The first-order valence-electron chi connectivity index (χ1n) is 6.27. The van der Waals surface area contributed by atoms with Crippen LogP contribution in [-0.2, 0) is 4.79 Å². The molecule has 2 aliphatic carbocycles.